The van der Waals surface area contributed by atoms with Gasteiger partial charge in [0, 0.05) is 18.4 Å². The molecule has 0 radical (unpaired) electrons. The van der Waals surface area contributed by atoms with Gasteiger partial charge in [0.1, 0.15) is 0 Å². The Hall–Kier alpha value is -1.08. The van der Waals surface area contributed by atoms with E-state index in [1.165, 1.54) is 0 Å². The van der Waals surface area contributed by atoms with Crippen LogP contribution in [-0.4, -0.2) is 46.1 Å². The van der Waals surface area contributed by atoms with Gasteiger partial charge < -0.3 is 14.8 Å². The molecule has 2 heterocycles. The number of hydrogen-bond acceptors (Lipinski definition) is 7. The second kappa shape index (κ2) is 6.91. The van der Waals surface area contributed by atoms with Crippen molar-refractivity contribution in [2.45, 2.75) is 43.7 Å². The molecule has 106 valence electrons. The lowest BCUT2D eigenvalue weighted by atomic mass is 10.3. The van der Waals surface area contributed by atoms with E-state index in [2.05, 4.69) is 27.2 Å². The molecule has 1 N–H and O–H groups in total. The minimum atomic E-state index is 0.236. The molecule has 0 saturated carbocycles. The van der Waals surface area contributed by atoms with Crippen LogP contribution in [-0.2, 0) is 4.74 Å². The molecule has 0 spiro atoms. The summed E-state index contributed by atoms with van der Waals surface area (Å²) in [5, 5.41) is 4.18. The van der Waals surface area contributed by atoms with E-state index in [0.717, 1.165) is 19.6 Å². The molecule has 6 nitrogen and oxygen atoms in total. The normalized spacial score (nSPS) is 22.5. The van der Waals surface area contributed by atoms with Crippen molar-refractivity contribution in [3.05, 3.63) is 0 Å². The minimum Gasteiger partial charge on any atom is -0.464 e. The van der Waals surface area contributed by atoms with E-state index < -0.39 is 0 Å². The second-order valence-electron chi connectivity index (χ2n) is 4.21. The summed E-state index contributed by atoms with van der Waals surface area (Å²) in [6, 6.07) is 0.377. The quantitative estimate of drug-likeness (QED) is 0.856. The molecule has 1 aromatic rings. The van der Waals surface area contributed by atoms with Crippen LogP contribution < -0.4 is 10.1 Å². The van der Waals surface area contributed by atoms with Gasteiger partial charge in [-0.25, -0.2) is 0 Å². The predicted molar refractivity (Wildman–Crippen MR) is 74.8 cm³/mol. The van der Waals surface area contributed by atoms with Gasteiger partial charge in [-0.1, -0.05) is 11.8 Å². The summed E-state index contributed by atoms with van der Waals surface area (Å²) in [6.45, 7) is 8.12. The van der Waals surface area contributed by atoms with Crippen molar-refractivity contribution in [3.8, 4) is 6.01 Å². The number of anilines is 1. The molecule has 1 aromatic heterocycles. The highest BCUT2D eigenvalue weighted by Gasteiger charge is 2.26. The topological polar surface area (TPSA) is 69.2 Å². The maximum Gasteiger partial charge on any atom is 0.322 e. The smallest absolute Gasteiger partial charge is 0.322 e. The zero-order chi connectivity index (χ0) is 13.7. The molecule has 0 bridgehead atoms. The third kappa shape index (κ3) is 3.94. The highest BCUT2D eigenvalue weighted by molar-refractivity contribution is 7.99. The first-order valence-corrected chi connectivity index (χ1v) is 7.51. The average Bonchev–Trinajstić information content (AvgIpc) is 2.76. The minimum absolute atomic E-state index is 0.236. The van der Waals surface area contributed by atoms with Crippen molar-refractivity contribution < 1.29 is 9.47 Å². The Labute approximate surface area is 117 Å². The first kappa shape index (κ1) is 14.3. The van der Waals surface area contributed by atoms with E-state index in [1.54, 1.807) is 11.8 Å². The lowest BCUT2D eigenvalue weighted by Gasteiger charge is -2.13. The fraction of sp³-hybridized carbons (Fsp3) is 0.750. The Morgan fingerprint density at radius 2 is 2.21 bits per heavy atom. The molecule has 0 aromatic carbocycles. The standard InChI is InChI=1S/C12H20N4O2S/c1-4-13-10-14-11(17-5-2)16-12(15-10)19-9-6-7-18-8(9)3/h8-9H,4-7H2,1-3H3,(H,13,14,15,16). The van der Waals surface area contributed by atoms with E-state index in [9.17, 15) is 0 Å². The number of nitrogens with zero attached hydrogens (tertiary/aromatic N) is 3. The summed E-state index contributed by atoms with van der Waals surface area (Å²) in [5.41, 5.74) is 0. The van der Waals surface area contributed by atoms with Gasteiger partial charge in [0.05, 0.1) is 12.7 Å². The number of ether oxygens (including phenoxy) is 2. The van der Waals surface area contributed by atoms with Crippen LogP contribution >= 0.6 is 11.8 Å². The molecular weight excluding hydrogens is 264 g/mol. The van der Waals surface area contributed by atoms with Crippen LogP contribution in [0.1, 0.15) is 27.2 Å². The molecule has 2 atom stereocenters. The van der Waals surface area contributed by atoms with Crippen molar-refractivity contribution in [2.75, 3.05) is 25.1 Å². The molecule has 1 fully saturated rings. The number of nitrogens with one attached hydrogen (secondary N) is 1. The molecule has 1 saturated heterocycles. The second-order valence-corrected chi connectivity index (χ2v) is 5.41. The number of rotatable bonds is 6. The van der Waals surface area contributed by atoms with Crippen molar-refractivity contribution >= 4 is 17.7 Å². The third-order valence-electron chi connectivity index (χ3n) is 2.77. The Morgan fingerprint density at radius 3 is 2.84 bits per heavy atom. The number of hydrogen-bond donors (Lipinski definition) is 1. The van der Waals surface area contributed by atoms with Crippen molar-refractivity contribution in [3.63, 3.8) is 0 Å². The summed E-state index contributed by atoms with van der Waals surface area (Å²) in [5.74, 6) is 0.565. The molecule has 0 aliphatic carbocycles. The Morgan fingerprint density at radius 1 is 1.37 bits per heavy atom. The van der Waals surface area contributed by atoms with E-state index in [0.29, 0.717) is 29.0 Å². The fourth-order valence-corrected chi connectivity index (χ4v) is 2.85. The van der Waals surface area contributed by atoms with Crippen molar-refractivity contribution in [1.29, 1.82) is 0 Å². The van der Waals surface area contributed by atoms with Crippen molar-refractivity contribution in [2.24, 2.45) is 0 Å². The van der Waals surface area contributed by atoms with Crippen molar-refractivity contribution in [1.82, 2.24) is 15.0 Å². The van der Waals surface area contributed by atoms with Gasteiger partial charge in [-0.15, -0.1) is 0 Å². The Kier molecular flexibility index (Phi) is 5.21. The van der Waals surface area contributed by atoms with E-state index in [1.807, 2.05) is 13.8 Å². The first-order chi connectivity index (χ1) is 9.22. The third-order valence-corrected chi connectivity index (χ3v) is 4.08. The monoisotopic (exact) mass is 284 g/mol. The van der Waals surface area contributed by atoms with E-state index >= 15 is 0 Å². The molecule has 19 heavy (non-hydrogen) atoms. The zero-order valence-electron chi connectivity index (χ0n) is 11.5. The van der Waals surface area contributed by atoms with Gasteiger partial charge >= 0.3 is 6.01 Å². The number of thioether (sulfide) groups is 1. The van der Waals surface area contributed by atoms with Gasteiger partial charge in [-0.3, -0.25) is 0 Å². The largest absolute Gasteiger partial charge is 0.464 e. The van der Waals surface area contributed by atoms with E-state index in [-0.39, 0.29) is 6.10 Å². The van der Waals surface area contributed by atoms with Crippen LogP contribution in [0.25, 0.3) is 0 Å². The molecule has 1 aliphatic heterocycles. The van der Waals surface area contributed by atoms with Gasteiger partial charge in [0.25, 0.3) is 0 Å². The first-order valence-electron chi connectivity index (χ1n) is 6.64. The summed E-state index contributed by atoms with van der Waals surface area (Å²) < 4.78 is 10.9. The molecule has 2 rings (SSSR count). The van der Waals surface area contributed by atoms with Gasteiger partial charge in [0.2, 0.25) is 5.95 Å². The highest BCUT2D eigenvalue weighted by Crippen LogP contribution is 2.31. The Balaban J connectivity index is 2.13. The van der Waals surface area contributed by atoms with Crippen LogP contribution in [0.15, 0.2) is 5.16 Å². The predicted octanol–water partition coefficient (Wildman–Crippen LogP) is 1.97. The lowest BCUT2D eigenvalue weighted by molar-refractivity contribution is 0.127. The van der Waals surface area contributed by atoms with Crippen LogP contribution in [0.5, 0.6) is 6.01 Å². The molecule has 1 aliphatic rings. The van der Waals surface area contributed by atoms with E-state index in [4.69, 9.17) is 9.47 Å². The summed E-state index contributed by atoms with van der Waals surface area (Å²) in [7, 11) is 0. The summed E-state index contributed by atoms with van der Waals surface area (Å²) >= 11 is 1.63. The maximum absolute atomic E-state index is 5.55. The zero-order valence-corrected chi connectivity index (χ0v) is 12.4. The summed E-state index contributed by atoms with van der Waals surface area (Å²) in [6.07, 6.45) is 1.26. The molecule has 2 unspecified atom stereocenters. The molecule has 0 amide bonds. The maximum atomic E-state index is 5.55. The molecular formula is C12H20N4O2S. The van der Waals surface area contributed by atoms with Crippen LogP contribution in [0.2, 0.25) is 0 Å². The summed E-state index contributed by atoms with van der Waals surface area (Å²) in [4.78, 5) is 12.9. The van der Waals surface area contributed by atoms with Gasteiger partial charge in [0.15, 0.2) is 5.16 Å². The van der Waals surface area contributed by atoms with Gasteiger partial charge in [-0.05, 0) is 27.2 Å². The Bertz CT molecular complexity index is 394. The van der Waals surface area contributed by atoms with Crippen LogP contribution in [0, 0.1) is 0 Å². The SMILES string of the molecule is CCNc1nc(OCC)nc(SC2CCOC2C)n1. The number of aromatic nitrogens is 3. The van der Waals surface area contributed by atoms with Gasteiger partial charge in [-0.2, -0.15) is 15.0 Å². The van der Waals surface area contributed by atoms with Crippen LogP contribution in [0.4, 0.5) is 5.95 Å². The van der Waals surface area contributed by atoms with Crippen LogP contribution in [0.3, 0.4) is 0 Å². The molecule has 7 heteroatoms. The lowest BCUT2D eigenvalue weighted by Crippen LogP contribution is -2.14. The fourth-order valence-electron chi connectivity index (χ4n) is 1.82. The average molecular weight is 284 g/mol. The highest BCUT2D eigenvalue weighted by atomic mass is 32.2.